The number of carbonyl (C=O) groups is 1. The van der Waals surface area contributed by atoms with Crippen LogP contribution in [0.1, 0.15) is 27.0 Å². The molecule has 2 rings (SSSR count). The van der Waals surface area contributed by atoms with Crippen molar-refractivity contribution in [2.75, 3.05) is 0 Å². The van der Waals surface area contributed by atoms with E-state index in [0.717, 1.165) is 11.1 Å². The first-order valence-electron chi connectivity index (χ1n) is 5.42. The van der Waals surface area contributed by atoms with Crippen LogP contribution in [-0.4, -0.2) is 15.7 Å². The number of aromatic nitrogens is 2. The van der Waals surface area contributed by atoms with E-state index >= 15 is 0 Å². The summed E-state index contributed by atoms with van der Waals surface area (Å²) in [5.41, 5.74) is 8.25. The maximum Gasteiger partial charge on any atom is 0.251 e. The highest BCUT2D eigenvalue weighted by molar-refractivity contribution is 5.92. The van der Waals surface area contributed by atoms with Crippen LogP contribution in [0.4, 0.5) is 0 Å². The summed E-state index contributed by atoms with van der Waals surface area (Å²) in [7, 11) is 0. The van der Waals surface area contributed by atoms with Crippen molar-refractivity contribution < 1.29 is 4.79 Å². The fourth-order valence-corrected chi connectivity index (χ4v) is 1.69. The van der Waals surface area contributed by atoms with Crippen molar-refractivity contribution >= 4 is 5.91 Å². The average molecular weight is 240 g/mol. The van der Waals surface area contributed by atoms with E-state index in [0.29, 0.717) is 17.7 Å². The van der Waals surface area contributed by atoms with Crippen molar-refractivity contribution in [3.63, 3.8) is 0 Å². The summed E-state index contributed by atoms with van der Waals surface area (Å²) in [4.78, 5) is 10.9. The Balaban J connectivity index is 2.23. The van der Waals surface area contributed by atoms with Crippen molar-refractivity contribution in [3.05, 3.63) is 52.8 Å². The molecule has 0 aliphatic heterocycles. The number of nitrogens with two attached hydrogens (primary N) is 1. The molecule has 0 radical (unpaired) electrons. The second-order valence-electron chi connectivity index (χ2n) is 4.04. The fraction of sp³-hybridized carbons (Fsp3) is 0.154. The molecule has 2 N–H and O–H groups in total. The number of carbonyl (C=O) groups excluding carboxylic acids is 1. The molecular formula is C13H12N4O. The molecule has 5 nitrogen and oxygen atoms in total. The van der Waals surface area contributed by atoms with E-state index in [-0.39, 0.29) is 0 Å². The van der Waals surface area contributed by atoms with Crippen molar-refractivity contribution in [1.82, 2.24) is 9.78 Å². The topological polar surface area (TPSA) is 84.7 Å². The number of amides is 1. The highest BCUT2D eigenvalue weighted by Gasteiger charge is 2.06. The van der Waals surface area contributed by atoms with Crippen LogP contribution < -0.4 is 5.73 Å². The Kier molecular flexibility index (Phi) is 3.11. The smallest absolute Gasteiger partial charge is 0.251 e. The molecule has 0 aliphatic carbocycles. The van der Waals surface area contributed by atoms with E-state index in [1.54, 1.807) is 16.9 Å². The molecule has 0 unspecified atom stereocenters. The van der Waals surface area contributed by atoms with E-state index in [2.05, 4.69) is 11.2 Å². The van der Waals surface area contributed by atoms with Gasteiger partial charge in [-0.2, -0.15) is 10.4 Å². The molecule has 90 valence electrons. The molecule has 0 aliphatic rings. The minimum absolute atomic E-state index is 0.390. The van der Waals surface area contributed by atoms with Gasteiger partial charge in [0.1, 0.15) is 0 Å². The van der Waals surface area contributed by atoms with Crippen LogP contribution in [0.5, 0.6) is 0 Å². The lowest BCUT2D eigenvalue weighted by atomic mass is 10.1. The Morgan fingerprint density at radius 2 is 2.33 bits per heavy atom. The van der Waals surface area contributed by atoms with Crippen molar-refractivity contribution in [3.8, 4) is 6.07 Å². The van der Waals surface area contributed by atoms with Crippen LogP contribution in [-0.2, 0) is 6.54 Å². The molecule has 0 saturated heterocycles. The lowest BCUT2D eigenvalue weighted by molar-refractivity contribution is 0.1000. The van der Waals surface area contributed by atoms with Crippen molar-refractivity contribution in [1.29, 1.82) is 5.26 Å². The standard InChI is InChI=1S/C13H12N4O/c1-9-4-10(5-14)2-3-11(9)7-17-8-12(6-16-17)13(15)18/h2-4,6,8H,7H2,1H3,(H2,15,18). The maximum absolute atomic E-state index is 10.9. The van der Waals surface area contributed by atoms with Crippen LogP contribution in [0, 0.1) is 18.3 Å². The number of hydrogen-bond donors (Lipinski definition) is 1. The predicted octanol–water partition coefficient (Wildman–Crippen LogP) is 1.21. The zero-order chi connectivity index (χ0) is 13.1. The number of hydrogen-bond acceptors (Lipinski definition) is 3. The molecule has 0 saturated carbocycles. The molecule has 1 aromatic carbocycles. The van der Waals surface area contributed by atoms with Gasteiger partial charge in [-0.15, -0.1) is 0 Å². The Hall–Kier alpha value is -2.61. The summed E-state index contributed by atoms with van der Waals surface area (Å²) < 4.78 is 1.65. The van der Waals surface area contributed by atoms with E-state index in [4.69, 9.17) is 11.0 Å². The third-order valence-corrected chi connectivity index (χ3v) is 2.72. The Morgan fingerprint density at radius 1 is 1.56 bits per heavy atom. The normalized spacial score (nSPS) is 10.0. The summed E-state index contributed by atoms with van der Waals surface area (Å²) in [6, 6.07) is 7.57. The third-order valence-electron chi connectivity index (χ3n) is 2.72. The first-order valence-corrected chi connectivity index (χ1v) is 5.42. The van der Waals surface area contributed by atoms with Crippen molar-refractivity contribution in [2.24, 2.45) is 5.73 Å². The van der Waals surface area contributed by atoms with Crippen LogP contribution in [0.15, 0.2) is 30.6 Å². The molecular weight excluding hydrogens is 228 g/mol. The molecule has 0 atom stereocenters. The van der Waals surface area contributed by atoms with Gasteiger partial charge in [0.05, 0.1) is 29.9 Å². The third kappa shape index (κ3) is 2.38. The van der Waals surface area contributed by atoms with E-state index in [9.17, 15) is 4.79 Å². The Morgan fingerprint density at radius 3 is 2.89 bits per heavy atom. The minimum Gasteiger partial charge on any atom is -0.366 e. The fourth-order valence-electron chi connectivity index (χ4n) is 1.69. The van der Waals surface area contributed by atoms with Crippen LogP contribution in [0.25, 0.3) is 0 Å². The zero-order valence-electron chi connectivity index (χ0n) is 9.92. The minimum atomic E-state index is -0.488. The van der Waals surface area contributed by atoms with Gasteiger partial charge in [-0.05, 0) is 30.2 Å². The number of nitriles is 1. The maximum atomic E-state index is 10.9. The van der Waals surface area contributed by atoms with Gasteiger partial charge in [0, 0.05) is 6.20 Å². The number of benzene rings is 1. The second kappa shape index (κ2) is 4.72. The summed E-state index contributed by atoms with van der Waals surface area (Å²) in [6.07, 6.45) is 3.06. The first-order chi connectivity index (χ1) is 8.60. The lowest BCUT2D eigenvalue weighted by Gasteiger charge is -2.06. The van der Waals surface area contributed by atoms with Crippen LogP contribution in [0.2, 0.25) is 0 Å². The number of nitrogens with zero attached hydrogens (tertiary/aromatic N) is 3. The number of aryl methyl sites for hydroxylation is 1. The molecule has 18 heavy (non-hydrogen) atoms. The number of rotatable bonds is 3. The van der Waals surface area contributed by atoms with Gasteiger partial charge in [0.15, 0.2) is 0 Å². The summed E-state index contributed by atoms with van der Waals surface area (Å²) in [5, 5.41) is 12.9. The summed E-state index contributed by atoms with van der Waals surface area (Å²) in [6.45, 7) is 2.49. The highest BCUT2D eigenvalue weighted by atomic mass is 16.1. The van der Waals surface area contributed by atoms with Crippen LogP contribution >= 0.6 is 0 Å². The SMILES string of the molecule is Cc1cc(C#N)ccc1Cn1cc(C(N)=O)cn1. The van der Waals surface area contributed by atoms with Gasteiger partial charge >= 0.3 is 0 Å². The largest absolute Gasteiger partial charge is 0.366 e. The van der Waals surface area contributed by atoms with Crippen LogP contribution in [0.3, 0.4) is 0 Å². The van der Waals surface area contributed by atoms with Gasteiger partial charge in [-0.25, -0.2) is 0 Å². The molecule has 1 aromatic heterocycles. The van der Waals surface area contributed by atoms with Gasteiger partial charge < -0.3 is 5.73 Å². The molecule has 0 bridgehead atoms. The quantitative estimate of drug-likeness (QED) is 0.875. The van der Waals surface area contributed by atoms with Gasteiger partial charge in [0.2, 0.25) is 0 Å². The van der Waals surface area contributed by atoms with Gasteiger partial charge in [-0.3, -0.25) is 9.48 Å². The van der Waals surface area contributed by atoms with Gasteiger partial charge in [-0.1, -0.05) is 6.07 Å². The molecule has 1 amide bonds. The Bertz CT molecular complexity index is 637. The average Bonchev–Trinajstić information content (AvgIpc) is 2.80. The second-order valence-corrected chi connectivity index (χ2v) is 4.04. The Labute approximate surface area is 104 Å². The van der Waals surface area contributed by atoms with E-state index in [1.807, 2.05) is 19.1 Å². The predicted molar refractivity (Wildman–Crippen MR) is 65.7 cm³/mol. The monoisotopic (exact) mass is 240 g/mol. The van der Waals surface area contributed by atoms with Gasteiger partial charge in [0.25, 0.3) is 5.91 Å². The lowest BCUT2D eigenvalue weighted by Crippen LogP contribution is -2.09. The van der Waals surface area contributed by atoms with Crippen molar-refractivity contribution in [2.45, 2.75) is 13.5 Å². The summed E-state index contributed by atoms with van der Waals surface area (Å²) >= 11 is 0. The molecule has 1 heterocycles. The van der Waals surface area contributed by atoms with E-state index in [1.165, 1.54) is 6.20 Å². The molecule has 0 fully saturated rings. The first kappa shape index (κ1) is 11.9. The molecule has 5 heteroatoms. The summed E-state index contributed by atoms with van der Waals surface area (Å²) in [5.74, 6) is -0.488. The highest BCUT2D eigenvalue weighted by Crippen LogP contribution is 2.12. The zero-order valence-corrected chi connectivity index (χ0v) is 9.92. The van der Waals surface area contributed by atoms with E-state index < -0.39 is 5.91 Å². The number of primary amides is 1. The molecule has 0 spiro atoms. The molecule has 2 aromatic rings.